The highest BCUT2D eigenvalue weighted by Gasteiger charge is 2.34. The molecule has 4 heteroatoms. The first-order valence-corrected chi connectivity index (χ1v) is 8.34. The zero-order valence-corrected chi connectivity index (χ0v) is 11.9. The molecule has 0 amide bonds. The topological polar surface area (TPSA) is 46.2 Å². The van der Waals surface area contributed by atoms with Gasteiger partial charge in [-0.3, -0.25) is 0 Å². The van der Waals surface area contributed by atoms with Gasteiger partial charge in [0, 0.05) is 6.04 Å². The van der Waals surface area contributed by atoms with Crippen LogP contribution in [0.25, 0.3) is 0 Å². The molecular formula is C13H25NO2S. The monoisotopic (exact) mass is 259 g/mol. The van der Waals surface area contributed by atoms with Gasteiger partial charge in [-0.2, -0.15) is 0 Å². The maximum atomic E-state index is 12.1. The summed E-state index contributed by atoms with van der Waals surface area (Å²) >= 11 is 0. The Labute approximate surface area is 106 Å². The minimum absolute atomic E-state index is 0.0535. The Morgan fingerprint density at radius 1 is 1.41 bits per heavy atom. The quantitative estimate of drug-likeness (QED) is 0.744. The van der Waals surface area contributed by atoms with Crippen molar-refractivity contribution in [3.63, 3.8) is 0 Å². The standard InChI is InChI=1S/C13H25NO2S/c1-4-11(3)10-12(14-5-2)13-8-6-7-9-17(13,15)16/h12-14H,3-10H2,1-2H3. The summed E-state index contributed by atoms with van der Waals surface area (Å²) in [7, 11) is -2.90. The average molecular weight is 259 g/mol. The van der Waals surface area contributed by atoms with Gasteiger partial charge in [0.15, 0.2) is 9.84 Å². The Bertz CT molecular complexity index is 348. The van der Waals surface area contributed by atoms with E-state index in [2.05, 4.69) is 18.8 Å². The van der Waals surface area contributed by atoms with Crippen LogP contribution >= 0.6 is 0 Å². The number of rotatable bonds is 6. The van der Waals surface area contributed by atoms with E-state index in [-0.39, 0.29) is 11.3 Å². The Balaban J connectivity index is 2.77. The summed E-state index contributed by atoms with van der Waals surface area (Å²) in [4.78, 5) is 0. The largest absolute Gasteiger partial charge is 0.313 e. The van der Waals surface area contributed by atoms with Gasteiger partial charge in [-0.25, -0.2) is 8.42 Å². The molecule has 1 rings (SSSR count). The highest BCUT2D eigenvalue weighted by Crippen LogP contribution is 2.25. The van der Waals surface area contributed by atoms with E-state index >= 15 is 0 Å². The van der Waals surface area contributed by atoms with Crippen LogP contribution in [0.1, 0.15) is 46.0 Å². The van der Waals surface area contributed by atoms with Gasteiger partial charge < -0.3 is 5.32 Å². The highest BCUT2D eigenvalue weighted by atomic mass is 32.2. The molecule has 1 fully saturated rings. The fourth-order valence-electron chi connectivity index (χ4n) is 2.48. The van der Waals surface area contributed by atoms with Crippen molar-refractivity contribution in [2.75, 3.05) is 12.3 Å². The van der Waals surface area contributed by atoms with Gasteiger partial charge in [0.25, 0.3) is 0 Å². The van der Waals surface area contributed by atoms with Crippen LogP contribution in [0.4, 0.5) is 0 Å². The second-order valence-electron chi connectivity index (χ2n) is 4.87. The van der Waals surface area contributed by atoms with Crippen molar-refractivity contribution in [3.05, 3.63) is 12.2 Å². The molecule has 1 heterocycles. The van der Waals surface area contributed by atoms with Crippen LogP contribution in [0.5, 0.6) is 0 Å². The van der Waals surface area contributed by atoms with Crippen LogP contribution in [0.3, 0.4) is 0 Å². The molecule has 1 aliphatic rings. The summed E-state index contributed by atoms with van der Waals surface area (Å²) in [5.74, 6) is 0.359. The van der Waals surface area contributed by atoms with E-state index in [0.29, 0.717) is 5.75 Å². The first kappa shape index (κ1) is 14.7. The van der Waals surface area contributed by atoms with E-state index in [4.69, 9.17) is 0 Å². The lowest BCUT2D eigenvalue weighted by molar-refractivity contribution is 0.438. The molecule has 0 radical (unpaired) electrons. The summed E-state index contributed by atoms with van der Waals surface area (Å²) in [5, 5.41) is 3.12. The maximum absolute atomic E-state index is 12.1. The van der Waals surface area contributed by atoms with Gasteiger partial charge in [0.1, 0.15) is 0 Å². The summed E-state index contributed by atoms with van der Waals surface area (Å²) in [6.07, 6.45) is 4.37. The second kappa shape index (κ2) is 6.55. The van der Waals surface area contributed by atoms with Crippen molar-refractivity contribution in [3.8, 4) is 0 Å². The Morgan fingerprint density at radius 2 is 2.12 bits per heavy atom. The van der Waals surface area contributed by atoms with E-state index in [1.807, 2.05) is 6.92 Å². The molecule has 2 atom stereocenters. The lowest BCUT2D eigenvalue weighted by Crippen LogP contribution is -2.46. The Kier molecular flexibility index (Phi) is 5.67. The fourth-order valence-corrected chi connectivity index (χ4v) is 4.61. The maximum Gasteiger partial charge on any atom is 0.154 e. The third-order valence-electron chi connectivity index (χ3n) is 3.55. The van der Waals surface area contributed by atoms with Gasteiger partial charge in [-0.1, -0.05) is 32.4 Å². The van der Waals surface area contributed by atoms with E-state index in [0.717, 1.165) is 44.2 Å². The van der Waals surface area contributed by atoms with Gasteiger partial charge in [0.05, 0.1) is 11.0 Å². The molecule has 2 unspecified atom stereocenters. The van der Waals surface area contributed by atoms with Crippen LogP contribution in [-0.4, -0.2) is 32.0 Å². The zero-order valence-electron chi connectivity index (χ0n) is 11.0. The van der Waals surface area contributed by atoms with E-state index in [9.17, 15) is 8.42 Å². The SMILES string of the molecule is C=C(CC)CC(NCC)C1CCCCS1(=O)=O. The van der Waals surface area contributed by atoms with Crippen LogP contribution in [0.15, 0.2) is 12.2 Å². The molecule has 0 spiro atoms. The van der Waals surface area contributed by atoms with Crippen LogP contribution in [0.2, 0.25) is 0 Å². The lowest BCUT2D eigenvalue weighted by Gasteiger charge is -2.31. The Hall–Kier alpha value is -0.350. The molecule has 0 aromatic rings. The third kappa shape index (κ3) is 4.11. The molecular weight excluding hydrogens is 234 g/mol. The summed E-state index contributed by atoms with van der Waals surface area (Å²) in [6, 6.07) is 0.0535. The van der Waals surface area contributed by atoms with Crippen molar-refractivity contribution in [2.45, 2.75) is 57.2 Å². The molecule has 100 valence electrons. The molecule has 0 aromatic carbocycles. The minimum Gasteiger partial charge on any atom is -0.313 e. The molecule has 0 aromatic heterocycles. The van der Waals surface area contributed by atoms with Crippen molar-refractivity contribution in [1.82, 2.24) is 5.32 Å². The number of hydrogen-bond donors (Lipinski definition) is 1. The zero-order chi connectivity index (χ0) is 12.9. The number of hydrogen-bond acceptors (Lipinski definition) is 3. The van der Waals surface area contributed by atoms with Crippen LogP contribution in [-0.2, 0) is 9.84 Å². The first-order valence-electron chi connectivity index (χ1n) is 6.62. The molecule has 3 nitrogen and oxygen atoms in total. The predicted molar refractivity (Wildman–Crippen MR) is 72.9 cm³/mol. The van der Waals surface area contributed by atoms with Crippen LogP contribution in [0, 0.1) is 0 Å². The van der Waals surface area contributed by atoms with E-state index < -0.39 is 9.84 Å². The molecule has 1 N–H and O–H groups in total. The van der Waals surface area contributed by atoms with Crippen molar-refractivity contribution < 1.29 is 8.42 Å². The van der Waals surface area contributed by atoms with Crippen molar-refractivity contribution >= 4 is 9.84 Å². The normalized spacial score (nSPS) is 25.4. The molecule has 0 saturated carbocycles. The predicted octanol–water partition coefficient (Wildman–Crippen LogP) is 2.29. The highest BCUT2D eigenvalue weighted by molar-refractivity contribution is 7.92. The number of sulfone groups is 1. The summed E-state index contributed by atoms with van der Waals surface area (Å²) in [5.41, 5.74) is 1.14. The third-order valence-corrected chi connectivity index (χ3v) is 5.90. The van der Waals surface area contributed by atoms with Crippen molar-refractivity contribution in [1.29, 1.82) is 0 Å². The molecule has 1 saturated heterocycles. The lowest BCUT2D eigenvalue weighted by atomic mass is 9.99. The van der Waals surface area contributed by atoms with Gasteiger partial charge in [-0.05, 0) is 32.2 Å². The van der Waals surface area contributed by atoms with Crippen molar-refractivity contribution in [2.24, 2.45) is 0 Å². The summed E-state index contributed by atoms with van der Waals surface area (Å²) in [6.45, 7) is 8.91. The Morgan fingerprint density at radius 3 is 2.65 bits per heavy atom. The summed E-state index contributed by atoms with van der Waals surface area (Å²) < 4.78 is 24.2. The van der Waals surface area contributed by atoms with Gasteiger partial charge in [-0.15, -0.1) is 0 Å². The van der Waals surface area contributed by atoms with Gasteiger partial charge >= 0.3 is 0 Å². The average Bonchev–Trinajstić information content (AvgIpc) is 2.28. The first-order chi connectivity index (χ1) is 8.01. The van der Waals surface area contributed by atoms with Crippen LogP contribution < -0.4 is 5.32 Å². The molecule has 0 aliphatic carbocycles. The molecule has 1 aliphatic heterocycles. The minimum atomic E-state index is -2.90. The fraction of sp³-hybridized carbons (Fsp3) is 0.846. The smallest absolute Gasteiger partial charge is 0.154 e. The van der Waals surface area contributed by atoms with Gasteiger partial charge in [0.2, 0.25) is 0 Å². The molecule has 17 heavy (non-hydrogen) atoms. The van der Waals surface area contributed by atoms with E-state index in [1.165, 1.54) is 0 Å². The molecule has 0 bridgehead atoms. The second-order valence-corrected chi connectivity index (χ2v) is 7.21. The number of nitrogens with one attached hydrogen (secondary N) is 1. The van der Waals surface area contributed by atoms with E-state index in [1.54, 1.807) is 0 Å².